The van der Waals surface area contributed by atoms with E-state index in [1.165, 1.54) is 13.2 Å². The number of nitrogens with zero attached hydrogens (tertiary/aromatic N) is 1. The maximum atomic E-state index is 11.8. The van der Waals surface area contributed by atoms with Gasteiger partial charge in [0, 0.05) is 23.1 Å². The molecule has 24 heavy (non-hydrogen) atoms. The Kier molecular flexibility index (Phi) is 4.21. The van der Waals surface area contributed by atoms with Crippen molar-refractivity contribution >= 4 is 11.0 Å². The molecule has 0 aliphatic rings. The number of benzene rings is 2. The molecule has 1 aromatic heterocycles. The summed E-state index contributed by atoms with van der Waals surface area (Å²) in [5.74, 6) is 0.974. The lowest BCUT2D eigenvalue weighted by atomic mass is 10.1. The summed E-state index contributed by atoms with van der Waals surface area (Å²) < 4.78 is 16.3. The van der Waals surface area contributed by atoms with Crippen LogP contribution in [0.4, 0.5) is 0 Å². The number of aryl methyl sites for hydroxylation is 1. The molecule has 0 aliphatic carbocycles. The van der Waals surface area contributed by atoms with E-state index in [9.17, 15) is 4.79 Å². The summed E-state index contributed by atoms with van der Waals surface area (Å²) in [6, 6.07) is 14.1. The van der Waals surface area contributed by atoms with Crippen molar-refractivity contribution in [2.24, 2.45) is 0 Å². The smallest absolute Gasteiger partial charge is 0.336 e. The highest BCUT2D eigenvalue weighted by Gasteiger charge is 2.10. The van der Waals surface area contributed by atoms with Gasteiger partial charge in [0.2, 0.25) is 0 Å². The molecule has 0 saturated heterocycles. The van der Waals surface area contributed by atoms with Crippen LogP contribution in [0.2, 0.25) is 0 Å². The van der Waals surface area contributed by atoms with Gasteiger partial charge in [0.15, 0.2) is 11.5 Å². The second-order valence-corrected chi connectivity index (χ2v) is 5.36. The fraction of sp³-hybridized carbons (Fsp3) is 0.158. The normalized spacial score (nSPS) is 10.4. The van der Waals surface area contributed by atoms with Gasteiger partial charge in [-0.2, -0.15) is 5.26 Å². The van der Waals surface area contributed by atoms with Gasteiger partial charge in [-0.25, -0.2) is 4.79 Å². The highest BCUT2D eigenvalue weighted by Crippen LogP contribution is 2.29. The molecule has 5 heteroatoms. The molecule has 120 valence electrons. The average Bonchev–Trinajstić information content (AvgIpc) is 2.58. The largest absolute Gasteiger partial charge is 0.493 e. The number of fused-ring (bicyclic) bond motifs is 1. The van der Waals surface area contributed by atoms with E-state index in [-0.39, 0.29) is 6.61 Å². The molecule has 0 bridgehead atoms. The van der Waals surface area contributed by atoms with Gasteiger partial charge < -0.3 is 13.9 Å². The van der Waals surface area contributed by atoms with Crippen molar-refractivity contribution in [1.29, 1.82) is 5.26 Å². The van der Waals surface area contributed by atoms with Gasteiger partial charge >= 0.3 is 5.63 Å². The first-order valence-corrected chi connectivity index (χ1v) is 7.35. The van der Waals surface area contributed by atoms with Gasteiger partial charge in [-0.3, -0.25) is 0 Å². The van der Waals surface area contributed by atoms with E-state index in [1.54, 1.807) is 18.2 Å². The topological polar surface area (TPSA) is 72.5 Å². The van der Waals surface area contributed by atoms with Gasteiger partial charge in [-0.1, -0.05) is 12.1 Å². The molecule has 2 aromatic carbocycles. The lowest BCUT2D eigenvalue weighted by molar-refractivity contribution is 0.285. The van der Waals surface area contributed by atoms with E-state index in [1.807, 2.05) is 25.1 Å². The van der Waals surface area contributed by atoms with E-state index >= 15 is 0 Å². The van der Waals surface area contributed by atoms with Gasteiger partial charge in [-0.15, -0.1) is 0 Å². The van der Waals surface area contributed by atoms with Crippen LogP contribution in [0.15, 0.2) is 51.7 Å². The standard InChI is InChI=1S/C19H15NO4/c1-12-3-5-15-14(9-19(21)24-17(15)7-12)11-23-16-6-4-13(10-20)8-18(16)22-2/h3-9H,11H2,1-2H3. The molecule has 0 N–H and O–H groups in total. The molecule has 3 rings (SSSR count). The third-order valence-electron chi connectivity index (χ3n) is 3.66. The summed E-state index contributed by atoms with van der Waals surface area (Å²) in [6.07, 6.45) is 0. The van der Waals surface area contributed by atoms with E-state index < -0.39 is 5.63 Å². The van der Waals surface area contributed by atoms with Crippen molar-refractivity contribution in [1.82, 2.24) is 0 Å². The Morgan fingerprint density at radius 2 is 1.96 bits per heavy atom. The van der Waals surface area contributed by atoms with E-state index in [0.29, 0.717) is 22.6 Å². The maximum Gasteiger partial charge on any atom is 0.336 e. The van der Waals surface area contributed by atoms with Crippen LogP contribution < -0.4 is 15.1 Å². The second-order valence-electron chi connectivity index (χ2n) is 5.36. The molecule has 0 amide bonds. The molecule has 5 nitrogen and oxygen atoms in total. The molecule has 0 spiro atoms. The van der Waals surface area contributed by atoms with Crippen LogP contribution in [-0.2, 0) is 6.61 Å². The Balaban J connectivity index is 1.94. The van der Waals surface area contributed by atoms with Crippen molar-refractivity contribution < 1.29 is 13.9 Å². The Morgan fingerprint density at radius 3 is 2.71 bits per heavy atom. The van der Waals surface area contributed by atoms with Crippen LogP contribution in [-0.4, -0.2) is 7.11 Å². The SMILES string of the molecule is COc1cc(C#N)ccc1OCc1cc(=O)oc2cc(C)ccc12. The van der Waals surface area contributed by atoms with Gasteiger partial charge in [0.1, 0.15) is 12.2 Å². The Morgan fingerprint density at radius 1 is 1.12 bits per heavy atom. The molecule has 0 saturated carbocycles. The molecule has 0 aliphatic heterocycles. The number of ether oxygens (including phenoxy) is 2. The second kappa shape index (κ2) is 6.47. The lowest BCUT2D eigenvalue weighted by Crippen LogP contribution is -2.04. The van der Waals surface area contributed by atoms with Gasteiger partial charge in [0.05, 0.1) is 18.7 Å². The summed E-state index contributed by atoms with van der Waals surface area (Å²) in [5, 5.41) is 9.76. The Labute approximate surface area is 138 Å². The van der Waals surface area contributed by atoms with Crippen LogP contribution in [0, 0.1) is 18.3 Å². The third-order valence-corrected chi connectivity index (χ3v) is 3.66. The zero-order valence-corrected chi connectivity index (χ0v) is 13.3. The molecule has 0 atom stereocenters. The predicted octanol–water partition coefficient (Wildman–Crippen LogP) is 3.56. The number of methoxy groups -OCH3 is 1. The molecule has 1 heterocycles. The highest BCUT2D eigenvalue weighted by atomic mass is 16.5. The molecule has 3 aromatic rings. The summed E-state index contributed by atoms with van der Waals surface area (Å²) in [4.78, 5) is 11.8. The molecular weight excluding hydrogens is 306 g/mol. The fourth-order valence-corrected chi connectivity index (χ4v) is 2.47. The number of hydrogen-bond acceptors (Lipinski definition) is 5. The van der Waals surface area contributed by atoms with Crippen LogP contribution in [0.1, 0.15) is 16.7 Å². The molecule has 0 fully saturated rings. The van der Waals surface area contributed by atoms with Crippen molar-refractivity contribution in [3.63, 3.8) is 0 Å². The molecule has 0 unspecified atom stereocenters. The van der Waals surface area contributed by atoms with Crippen molar-refractivity contribution in [2.45, 2.75) is 13.5 Å². The first-order chi connectivity index (χ1) is 11.6. The summed E-state index contributed by atoms with van der Waals surface area (Å²) in [6.45, 7) is 2.12. The summed E-state index contributed by atoms with van der Waals surface area (Å²) >= 11 is 0. The minimum Gasteiger partial charge on any atom is -0.493 e. The zero-order chi connectivity index (χ0) is 17.1. The first kappa shape index (κ1) is 15.6. The highest BCUT2D eigenvalue weighted by molar-refractivity contribution is 5.80. The van der Waals surface area contributed by atoms with Gasteiger partial charge in [0.25, 0.3) is 0 Å². The van der Waals surface area contributed by atoms with Gasteiger partial charge in [-0.05, 0) is 30.7 Å². The van der Waals surface area contributed by atoms with Crippen LogP contribution in [0.5, 0.6) is 11.5 Å². The predicted molar refractivity (Wildman–Crippen MR) is 89.3 cm³/mol. The quantitative estimate of drug-likeness (QED) is 0.687. The van der Waals surface area contributed by atoms with Crippen molar-refractivity contribution in [2.75, 3.05) is 7.11 Å². The van der Waals surface area contributed by atoms with Crippen LogP contribution in [0.3, 0.4) is 0 Å². The summed E-state index contributed by atoms with van der Waals surface area (Å²) in [7, 11) is 1.51. The Hall–Kier alpha value is -3.26. The first-order valence-electron chi connectivity index (χ1n) is 7.35. The number of rotatable bonds is 4. The van der Waals surface area contributed by atoms with E-state index in [4.69, 9.17) is 19.2 Å². The lowest BCUT2D eigenvalue weighted by Gasteiger charge is -2.12. The van der Waals surface area contributed by atoms with Crippen molar-refractivity contribution in [3.05, 3.63) is 69.6 Å². The zero-order valence-electron chi connectivity index (χ0n) is 13.3. The Bertz CT molecular complexity index is 998. The van der Waals surface area contributed by atoms with Crippen LogP contribution >= 0.6 is 0 Å². The minimum absolute atomic E-state index is 0.188. The van der Waals surface area contributed by atoms with Crippen molar-refractivity contribution in [3.8, 4) is 17.6 Å². The molecule has 0 radical (unpaired) electrons. The monoisotopic (exact) mass is 321 g/mol. The van der Waals surface area contributed by atoms with Crippen LogP contribution in [0.25, 0.3) is 11.0 Å². The number of nitriles is 1. The number of hydrogen-bond donors (Lipinski definition) is 0. The minimum atomic E-state index is -0.418. The third kappa shape index (κ3) is 3.08. The average molecular weight is 321 g/mol. The maximum absolute atomic E-state index is 11.8. The summed E-state index contributed by atoms with van der Waals surface area (Å²) in [5.41, 5.74) is 2.34. The van der Waals surface area contributed by atoms with E-state index in [2.05, 4.69) is 6.07 Å². The van der Waals surface area contributed by atoms with E-state index in [0.717, 1.165) is 16.5 Å². The molecular formula is C19H15NO4. The fourth-order valence-electron chi connectivity index (χ4n) is 2.47.